The molecule has 0 bridgehead atoms. The number of carbonyl (C=O) groups excluding carboxylic acids is 1. The minimum atomic E-state index is 0.673. The van der Waals surface area contributed by atoms with Gasteiger partial charge in [0.2, 0.25) is 6.41 Å². The Balaban J connectivity index is 0.000000380. The Morgan fingerprint density at radius 3 is 2.33 bits per heavy atom. The molecule has 1 aromatic carbocycles. The zero-order valence-electron chi connectivity index (χ0n) is 13.1. The van der Waals surface area contributed by atoms with Gasteiger partial charge in [0, 0.05) is 17.4 Å². The summed E-state index contributed by atoms with van der Waals surface area (Å²) in [5, 5.41) is 2.64. The van der Waals surface area contributed by atoms with Gasteiger partial charge in [-0.2, -0.15) is 0 Å². The first-order chi connectivity index (χ1) is 10.3. The average Bonchev–Trinajstić information content (AvgIpc) is 3.41. The number of nitrogens with zero attached hydrogens (tertiary/aromatic N) is 1. The number of rotatable bonds is 3. The van der Waals surface area contributed by atoms with Gasteiger partial charge in [0.15, 0.2) is 0 Å². The van der Waals surface area contributed by atoms with Crippen LogP contribution in [0.1, 0.15) is 38.7 Å². The Kier molecular flexibility index (Phi) is 7.80. The van der Waals surface area contributed by atoms with E-state index in [1.165, 1.54) is 19.3 Å². The summed E-state index contributed by atoms with van der Waals surface area (Å²) in [5.41, 5.74) is 3.86. The second-order valence-corrected chi connectivity index (χ2v) is 4.57. The van der Waals surface area contributed by atoms with Crippen LogP contribution in [0.5, 0.6) is 0 Å². The van der Waals surface area contributed by atoms with Crippen LogP contribution in [0.2, 0.25) is 0 Å². The third kappa shape index (κ3) is 6.21. The smallest absolute Gasteiger partial charge is 0.211 e. The van der Waals surface area contributed by atoms with Gasteiger partial charge in [0.25, 0.3) is 0 Å². The number of benzene rings is 1. The molecule has 3 nitrogen and oxygen atoms in total. The maximum absolute atomic E-state index is 10.4. The fourth-order valence-electron chi connectivity index (χ4n) is 1.58. The second-order valence-electron chi connectivity index (χ2n) is 4.57. The summed E-state index contributed by atoms with van der Waals surface area (Å²) in [6.07, 6.45) is 6.93. The molecule has 3 rings (SSSR count). The number of amides is 1. The fourth-order valence-corrected chi connectivity index (χ4v) is 1.58. The molecule has 1 aliphatic carbocycles. The highest BCUT2D eigenvalue weighted by Crippen LogP contribution is 2.24. The zero-order valence-corrected chi connectivity index (χ0v) is 13.1. The van der Waals surface area contributed by atoms with Gasteiger partial charge in [-0.05, 0) is 36.8 Å². The molecule has 0 radical (unpaired) electrons. The molecule has 1 aromatic heterocycles. The minimum absolute atomic E-state index is 0.673. The number of nitrogens with one attached hydrogen (secondary N) is 1. The summed E-state index contributed by atoms with van der Waals surface area (Å²) in [7, 11) is 0. The average molecular weight is 284 g/mol. The number of aryl methyl sites for hydroxylation is 1. The number of hydrogen-bond donors (Lipinski definition) is 1. The predicted molar refractivity (Wildman–Crippen MR) is 89.3 cm³/mol. The maximum atomic E-state index is 10.4. The van der Waals surface area contributed by atoms with Crippen molar-refractivity contribution in [3.63, 3.8) is 0 Å². The number of pyridine rings is 1. The van der Waals surface area contributed by atoms with E-state index >= 15 is 0 Å². The molecule has 2 aromatic rings. The Bertz CT molecular complexity index is 533. The zero-order chi connectivity index (χ0) is 15.5. The normalized spacial score (nSPS) is 11.2. The van der Waals surface area contributed by atoms with Crippen molar-refractivity contribution < 1.29 is 4.79 Å². The van der Waals surface area contributed by atoms with Gasteiger partial charge in [0.05, 0.1) is 5.69 Å². The Hall–Kier alpha value is -2.16. The number of carbonyl (C=O) groups is 1. The van der Waals surface area contributed by atoms with E-state index in [4.69, 9.17) is 0 Å². The number of aromatic nitrogens is 1. The SMILES string of the molecule is C1CC1.CC.Cc1ccc(NC=O)cc1-c1ccccn1. The summed E-state index contributed by atoms with van der Waals surface area (Å²) in [5.74, 6) is 0. The molecule has 1 aliphatic rings. The molecule has 0 aliphatic heterocycles. The summed E-state index contributed by atoms with van der Waals surface area (Å²) < 4.78 is 0. The monoisotopic (exact) mass is 284 g/mol. The maximum Gasteiger partial charge on any atom is 0.211 e. The predicted octanol–water partition coefficient (Wildman–Crippen LogP) is 4.82. The van der Waals surface area contributed by atoms with Crippen LogP contribution in [0.4, 0.5) is 5.69 Å². The van der Waals surface area contributed by atoms with E-state index in [0.29, 0.717) is 6.41 Å². The van der Waals surface area contributed by atoms with Crippen molar-refractivity contribution in [3.05, 3.63) is 48.2 Å². The molecule has 21 heavy (non-hydrogen) atoms. The highest BCUT2D eigenvalue weighted by Gasteiger charge is 2.03. The van der Waals surface area contributed by atoms with Crippen LogP contribution in [0.3, 0.4) is 0 Å². The second kappa shape index (κ2) is 9.70. The minimum Gasteiger partial charge on any atom is -0.329 e. The van der Waals surface area contributed by atoms with Crippen molar-refractivity contribution >= 4 is 12.1 Å². The van der Waals surface area contributed by atoms with Crippen molar-refractivity contribution in [1.29, 1.82) is 0 Å². The lowest BCUT2D eigenvalue weighted by molar-refractivity contribution is -0.105. The van der Waals surface area contributed by atoms with Crippen LogP contribution in [-0.4, -0.2) is 11.4 Å². The van der Waals surface area contributed by atoms with Gasteiger partial charge in [-0.1, -0.05) is 45.2 Å². The van der Waals surface area contributed by atoms with Gasteiger partial charge in [-0.25, -0.2) is 0 Å². The third-order valence-electron chi connectivity index (χ3n) is 2.76. The number of anilines is 1. The highest BCUT2D eigenvalue weighted by atomic mass is 16.1. The molecule has 0 atom stereocenters. The Morgan fingerprint density at radius 2 is 1.81 bits per heavy atom. The highest BCUT2D eigenvalue weighted by molar-refractivity contribution is 5.76. The van der Waals surface area contributed by atoms with Gasteiger partial charge in [-0.3, -0.25) is 9.78 Å². The molecule has 1 fully saturated rings. The summed E-state index contributed by atoms with van der Waals surface area (Å²) in [6.45, 7) is 6.02. The Morgan fingerprint density at radius 1 is 1.10 bits per heavy atom. The first kappa shape index (κ1) is 16.9. The van der Waals surface area contributed by atoms with Gasteiger partial charge in [0.1, 0.15) is 0 Å². The van der Waals surface area contributed by atoms with E-state index in [1.807, 2.05) is 57.2 Å². The lowest BCUT2D eigenvalue weighted by Gasteiger charge is -2.07. The molecule has 1 heterocycles. The van der Waals surface area contributed by atoms with Crippen LogP contribution in [-0.2, 0) is 4.79 Å². The van der Waals surface area contributed by atoms with Crippen LogP contribution < -0.4 is 5.32 Å². The van der Waals surface area contributed by atoms with Crippen LogP contribution >= 0.6 is 0 Å². The van der Waals surface area contributed by atoms with Crippen LogP contribution in [0, 0.1) is 6.92 Å². The molecule has 0 unspecified atom stereocenters. The van der Waals surface area contributed by atoms with Crippen LogP contribution in [0.25, 0.3) is 11.3 Å². The van der Waals surface area contributed by atoms with E-state index in [1.54, 1.807) is 6.20 Å². The van der Waals surface area contributed by atoms with Crippen molar-refractivity contribution in [2.24, 2.45) is 0 Å². The largest absolute Gasteiger partial charge is 0.329 e. The molecule has 1 saturated carbocycles. The van der Waals surface area contributed by atoms with E-state index in [-0.39, 0.29) is 0 Å². The van der Waals surface area contributed by atoms with Crippen LogP contribution in [0.15, 0.2) is 42.6 Å². The van der Waals surface area contributed by atoms with Crippen molar-refractivity contribution in [1.82, 2.24) is 4.98 Å². The van der Waals surface area contributed by atoms with Crippen molar-refractivity contribution in [2.45, 2.75) is 40.0 Å². The molecule has 1 amide bonds. The molecular formula is C18H24N2O. The topological polar surface area (TPSA) is 42.0 Å². The third-order valence-corrected chi connectivity index (χ3v) is 2.76. The first-order valence-corrected chi connectivity index (χ1v) is 7.53. The van der Waals surface area contributed by atoms with E-state index in [0.717, 1.165) is 22.5 Å². The molecule has 0 spiro atoms. The van der Waals surface area contributed by atoms with E-state index in [2.05, 4.69) is 10.3 Å². The van der Waals surface area contributed by atoms with Crippen molar-refractivity contribution in [2.75, 3.05) is 5.32 Å². The van der Waals surface area contributed by atoms with E-state index < -0.39 is 0 Å². The quantitative estimate of drug-likeness (QED) is 0.821. The molecule has 112 valence electrons. The molecular weight excluding hydrogens is 260 g/mol. The lowest BCUT2D eigenvalue weighted by Crippen LogP contribution is -1.95. The standard InChI is InChI=1S/C13H12N2O.C3H6.C2H6/c1-10-5-6-11(15-9-16)8-12(10)13-4-2-3-7-14-13;1-2-3-1;1-2/h2-9H,1H3,(H,15,16);1-3H2;1-2H3. The summed E-state index contributed by atoms with van der Waals surface area (Å²) in [4.78, 5) is 14.7. The fraction of sp³-hybridized carbons (Fsp3) is 0.333. The first-order valence-electron chi connectivity index (χ1n) is 7.53. The van der Waals surface area contributed by atoms with Gasteiger partial charge >= 0.3 is 0 Å². The lowest BCUT2D eigenvalue weighted by atomic mass is 10.0. The number of hydrogen-bond acceptors (Lipinski definition) is 2. The Labute approximate surface area is 127 Å². The van der Waals surface area contributed by atoms with Gasteiger partial charge < -0.3 is 5.32 Å². The molecule has 0 saturated heterocycles. The summed E-state index contributed by atoms with van der Waals surface area (Å²) >= 11 is 0. The van der Waals surface area contributed by atoms with Crippen molar-refractivity contribution in [3.8, 4) is 11.3 Å². The molecule has 1 N–H and O–H groups in total. The van der Waals surface area contributed by atoms with Gasteiger partial charge in [-0.15, -0.1) is 0 Å². The molecule has 3 heteroatoms. The van der Waals surface area contributed by atoms with E-state index in [9.17, 15) is 4.79 Å². The summed E-state index contributed by atoms with van der Waals surface area (Å²) in [6, 6.07) is 11.5.